The molecule has 5 aromatic rings. The highest BCUT2D eigenvalue weighted by atomic mass is 35.5. The number of fused-ring (bicyclic) bond motifs is 1. The molecular formula is C28H27ClFN7O2. The summed E-state index contributed by atoms with van der Waals surface area (Å²) in [5.41, 5.74) is 4.01. The van der Waals surface area contributed by atoms with Gasteiger partial charge in [-0.2, -0.15) is 0 Å². The lowest BCUT2D eigenvalue weighted by Gasteiger charge is -2.18. The predicted molar refractivity (Wildman–Crippen MR) is 147 cm³/mol. The van der Waals surface area contributed by atoms with Crippen molar-refractivity contribution in [1.29, 1.82) is 0 Å². The Morgan fingerprint density at radius 1 is 1.23 bits per heavy atom. The van der Waals surface area contributed by atoms with Gasteiger partial charge in [-0.25, -0.2) is 19.4 Å². The van der Waals surface area contributed by atoms with E-state index in [2.05, 4.69) is 9.97 Å². The van der Waals surface area contributed by atoms with Crippen molar-refractivity contribution in [3.05, 3.63) is 87.0 Å². The van der Waals surface area contributed by atoms with Crippen LogP contribution >= 0.6 is 11.6 Å². The molecule has 0 spiro atoms. The largest absolute Gasteiger partial charge is 0.495 e. The topological polar surface area (TPSA) is 95.0 Å². The molecule has 9 nitrogen and oxygen atoms in total. The predicted octanol–water partition coefficient (Wildman–Crippen LogP) is 4.70. The second kappa shape index (κ2) is 9.53. The number of rotatable bonds is 6. The van der Waals surface area contributed by atoms with Crippen molar-refractivity contribution in [1.82, 2.24) is 28.7 Å². The van der Waals surface area contributed by atoms with Crippen LogP contribution in [0.2, 0.25) is 5.02 Å². The Bertz CT molecular complexity index is 1840. The molecule has 0 bridgehead atoms. The second-order valence-corrected chi connectivity index (χ2v) is 10.3. The standard InChI is InChI=1S/C28H27ClFN7O2/c1-15-13-36(14-31-15)22-8-5-17(11-23(22)39-4)25-33-24-26(34-25)35(3)28(32-21-6-7-21)37(27(24)38)16(2)18-9-19(29)12-20(30)10-18/h5,8-14,16,21H,6-7H2,1-4H3,(H,33,34)/b32-28+. The SMILES string of the molecule is COc1cc(-c2nc3c(=O)n(C(C)c4cc(F)cc(Cl)c4)/c(=N/C4CC4)n(C)c3[nH]2)ccc1-n1cnc(C)c1. The molecule has 1 unspecified atom stereocenters. The highest BCUT2D eigenvalue weighted by molar-refractivity contribution is 6.30. The number of ether oxygens (including phenoxy) is 1. The lowest BCUT2D eigenvalue weighted by atomic mass is 10.1. The van der Waals surface area contributed by atoms with E-state index in [0.717, 1.165) is 29.8 Å². The van der Waals surface area contributed by atoms with Crippen LogP contribution in [0.4, 0.5) is 4.39 Å². The summed E-state index contributed by atoms with van der Waals surface area (Å²) in [5.74, 6) is 0.683. The van der Waals surface area contributed by atoms with Crippen LogP contribution in [0, 0.1) is 12.7 Å². The number of hydrogen-bond donors (Lipinski definition) is 1. The maximum atomic E-state index is 14.2. The van der Waals surface area contributed by atoms with E-state index in [1.165, 1.54) is 12.1 Å². The van der Waals surface area contributed by atoms with Crippen LogP contribution in [-0.2, 0) is 7.05 Å². The third-order valence-electron chi connectivity index (χ3n) is 7.00. The number of aryl methyl sites for hydroxylation is 2. The van der Waals surface area contributed by atoms with Crippen LogP contribution in [-0.4, -0.2) is 41.8 Å². The Hall–Kier alpha value is -4.18. The third-order valence-corrected chi connectivity index (χ3v) is 7.22. The monoisotopic (exact) mass is 547 g/mol. The van der Waals surface area contributed by atoms with E-state index in [-0.39, 0.29) is 22.1 Å². The van der Waals surface area contributed by atoms with Gasteiger partial charge >= 0.3 is 0 Å². The molecule has 200 valence electrons. The Morgan fingerprint density at radius 2 is 2.03 bits per heavy atom. The van der Waals surface area contributed by atoms with E-state index in [1.807, 2.05) is 54.4 Å². The Morgan fingerprint density at radius 3 is 2.69 bits per heavy atom. The van der Waals surface area contributed by atoms with Gasteiger partial charge in [-0.3, -0.25) is 13.9 Å². The van der Waals surface area contributed by atoms with E-state index in [1.54, 1.807) is 24.1 Å². The number of benzene rings is 2. The first-order valence-corrected chi connectivity index (χ1v) is 13.0. The second-order valence-electron chi connectivity index (χ2n) is 9.86. The van der Waals surface area contributed by atoms with Crippen molar-refractivity contribution < 1.29 is 9.13 Å². The molecule has 1 atom stereocenters. The highest BCUT2D eigenvalue weighted by Gasteiger charge is 2.25. The van der Waals surface area contributed by atoms with Crippen molar-refractivity contribution >= 4 is 22.8 Å². The van der Waals surface area contributed by atoms with Crippen LogP contribution in [0.3, 0.4) is 0 Å². The molecule has 3 heterocycles. The quantitative estimate of drug-likeness (QED) is 0.333. The number of aromatic amines is 1. The van der Waals surface area contributed by atoms with Gasteiger partial charge in [-0.15, -0.1) is 0 Å². The van der Waals surface area contributed by atoms with E-state index >= 15 is 0 Å². The maximum Gasteiger partial charge on any atom is 0.283 e. The number of methoxy groups -OCH3 is 1. The summed E-state index contributed by atoms with van der Waals surface area (Å²) in [6.07, 6.45) is 5.57. The van der Waals surface area contributed by atoms with Crippen LogP contribution < -0.4 is 15.9 Å². The van der Waals surface area contributed by atoms with Gasteiger partial charge in [0.1, 0.15) is 23.0 Å². The normalized spacial score (nSPS) is 14.8. The first-order chi connectivity index (χ1) is 18.7. The molecule has 0 saturated heterocycles. The minimum absolute atomic E-state index is 0.147. The molecule has 0 aliphatic heterocycles. The summed E-state index contributed by atoms with van der Waals surface area (Å²) >= 11 is 6.14. The lowest BCUT2D eigenvalue weighted by Crippen LogP contribution is -2.42. The molecule has 3 aromatic heterocycles. The Balaban J connectivity index is 1.53. The average Bonchev–Trinajstić information content (AvgIpc) is 3.44. The fourth-order valence-corrected chi connectivity index (χ4v) is 5.01. The van der Waals surface area contributed by atoms with Gasteiger partial charge in [0.25, 0.3) is 5.56 Å². The summed E-state index contributed by atoms with van der Waals surface area (Å²) < 4.78 is 25.2. The van der Waals surface area contributed by atoms with Gasteiger partial charge in [0, 0.05) is 23.8 Å². The van der Waals surface area contributed by atoms with Gasteiger partial charge < -0.3 is 14.3 Å². The molecule has 11 heteroatoms. The molecule has 1 N–H and O–H groups in total. The Kier molecular flexibility index (Phi) is 6.14. The zero-order chi connectivity index (χ0) is 27.4. The van der Waals surface area contributed by atoms with Crippen LogP contribution in [0.25, 0.3) is 28.2 Å². The van der Waals surface area contributed by atoms with Crippen LogP contribution in [0.15, 0.2) is 58.7 Å². The number of halogens is 2. The molecular weight excluding hydrogens is 521 g/mol. The van der Waals surface area contributed by atoms with Crippen molar-refractivity contribution in [3.63, 3.8) is 0 Å². The number of imidazole rings is 2. The van der Waals surface area contributed by atoms with E-state index < -0.39 is 11.9 Å². The van der Waals surface area contributed by atoms with Crippen molar-refractivity contribution in [2.45, 2.75) is 38.8 Å². The van der Waals surface area contributed by atoms with E-state index in [4.69, 9.17) is 26.3 Å². The summed E-state index contributed by atoms with van der Waals surface area (Å²) in [4.78, 5) is 31.1. The third kappa shape index (κ3) is 4.54. The Labute approximate surface area is 228 Å². The summed E-state index contributed by atoms with van der Waals surface area (Å²) in [5, 5.41) is 0.265. The van der Waals surface area contributed by atoms with Gasteiger partial charge in [0.15, 0.2) is 5.52 Å². The van der Waals surface area contributed by atoms with Crippen molar-refractivity contribution in [2.75, 3.05) is 7.11 Å². The minimum atomic E-state index is -0.531. The number of H-pyrrole nitrogens is 1. The molecule has 39 heavy (non-hydrogen) atoms. The molecule has 1 aliphatic carbocycles. The number of hydrogen-bond acceptors (Lipinski definition) is 5. The fraction of sp³-hybridized carbons (Fsp3) is 0.286. The number of nitrogens with one attached hydrogen (secondary N) is 1. The molecule has 1 fully saturated rings. The summed E-state index contributed by atoms with van der Waals surface area (Å²) in [6, 6.07) is 9.62. The van der Waals surface area contributed by atoms with E-state index in [0.29, 0.717) is 28.4 Å². The lowest BCUT2D eigenvalue weighted by molar-refractivity contribution is 0.413. The molecule has 1 saturated carbocycles. The fourth-order valence-electron chi connectivity index (χ4n) is 4.78. The number of nitrogens with zero attached hydrogens (tertiary/aromatic N) is 6. The maximum absolute atomic E-state index is 14.2. The van der Waals surface area contributed by atoms with Gasteiger partial charge in [-0.1, -0.05) is 11.6 Å². The summed E-state index contributed by atoms with van der Waals surface area (Å²) in [7, 11) is 3.45. The minimum Gasteiger partial charge on any atom is -0.495 e. The zero-order valence-electron chi connectivity index (χ0n) is 21.9. The van der Waals surface area contributed by atoms with Crippen molar-refractivity contribution in [2.24, 2.45) is 12.0 Å². The van der Waals surface area contributed by atoms with Gasteiger partial charge in [0.2, 0.25) is 5.62 Å². The molecule has 6 rings (SSSR count). The van der Waals surface area contributed by atoms with E-state index in [9.17, 15) is 9.18 Å². The average molecular weight is 548 g/mol. The van der Waals surface area contributed by atoms with Crippen LogP contribution in [0.5, 0.6) is 5.75 Å². The number of aromatic nitrogens is 6. The highest BCUT2D eigenvalue weighted by Crippen LogP contribution is 2.30. The summed E-state index contributed by atoms with van der Waals surface area (Å²) in [6.45, 7) is 3.76. The molecule has 0 radical (unpaired) electrons. The first-order valence-electron chi connectivity index (χ1n) is 12.6. The van der Waals surface area contributed by atoms with Crippen molar-refractivity contribution in [3.8, 4) is 22.8 Å². The molecule has 0 amide bonds. The van der Waals surface area contributed by atoms with Gasteiger partial charge in [-0.05, 0) is 68.7 Å². The first kappa shape index (κ1) is 25.1. The van der Waals surface area contributed by atoms with Gasteiger partial charge in [0.05, 0.1) is 36.9 Å². The molecule has 1 aliphatic rings. The smallest absolute Gasteiger partial charge is 0.283 e. The van der Waals surface area contributed by atoms with Crippen LogP contribution in [0.1, 0.15) is 37.1 Å². The molecule has 2 aromatic carbocycles. The zero-order valence-corrected chi connectivity index (χ0v) is 22.7.